The molecule has 3 aliphatic rings. The first kappa shape index (κ1) is 24.7. The van der Waals surface area contributed by atoms with Gasteiger partial charge in [-0.3, -0.25) is 0 Å². The summed E-state index contributed by atoms with van der Waals surface area (Å²) in [6, 6.07) is 17.0. The van der Waals surface area contributed by atoms with Crippen LogP contribution >= 0.6 is 0 Å². The first-order valence-electron chi connectivity index (χ1n) is 13.9. The van der Waals surface area contributed by atoms with Crippen LogP contribution in [-0.2, 0) is 12.8 Å². The van der Waals surface area contributed by atoms with Gasteiger partial charge in [0, 0.05) is 13.1 Å². The Labute approximate surface area is 215 Å². The predicted octanol–water partition coefficient (Wildman–Crippen LogP) is 5.55. The number of fused-ring (bicyclic) bond motifs is 2. The van der Waals surface area contributed by atoms with Crippen molar-refractivity contribution in [3.8, 4) is 0 Å². The number of nitrogens with one attached hydrogen (secondary N) is 4. The summed E-state index contributed by atoms with van der Waals surface area (Å²) in [5, 5.41) is 12.7. The van der Waals surface area contributed by atoms with E-state index in [4.69, 9.17) is 0 Å². The van der Waals surface area contributed by atoms with Crippen molar-refractivity contribution in [2.24, 2.45) is 11.8 Å². The lowest BCUT2D eigenvalue weighted by molar-refractivity contribution is 0.217. The maximum Gasteiger partial charge on any atom is 0.315 e. The van der Waals surface area contributed by atoms with Gasteiger partial charge in [0.05, 0.1) is 12.1 Å². The minimum absolute atomic E-state index is 0.0657. The topological polar surface area (TPSA) is 82.3 Å². The fourth-order valence-corrected chi connectivity index (χ4v) is 6.47. The van der Waals surface area contributed by atoms with Gasteiger partial charge in [0.2, 0.25) is 0 Å². The van der Waals surface area contributed by atoms with Gasteiger partial charge in [0.25, 0.3) is 0 Å². The molecule has 6 nitrogen and oxygen atoms in total. The van der Waals surface area contributed by atoms with Crippen molar-refractivity contribution in [3.63, 3.8) is 0 Å². The SMILES string of the molecule is O=C(NC[C@H]1CCC[C@@H](CNC(=O)N[C@@H]2CCCc3ccccc32)C1)N[C@H]1CCCc2ccccc21. The van der Waals surface area contributed by atoms with Crippen LogP contribution in [0.15, 0.2) is 48.5 Å². The van der Waals surface area contributed by atoms with Gasteiger partial charge < -0.3 is 21.3 Å². The average Bonchev–Trinajstić information content (AvgIpc) is 2.91. The zero-order valence-electron chi connectivity index (χ0n) is 21.2. The highest BCUT2D eigenvalue weighted by molar-refractivity contribution is 5.75. The molecule has 0 saturated heterocycles. The first-order chi connectivity index (χ1) is 17.7. The Hall–Kier alpha value is -3.02. The van der Waals surface area contributed by atoms with Gasteiger partial charge in [-0.15, -0.1) is 0 Å². The molecule has 3 aliphatic carbocycles. The third kappa shape index (κ3) is 6.21. The van der Waals surface area contributed by atoms with E-state index in [-0.39, 0.29) is 24.1 Å². The second kappa shape index (κ2) is 11.8. The van der Waals surface area contributed by atoms with E-state index in [0.717, 1.165) is 64.2 Å². The van der Waals surface area contributed by atoms with Gasteiger partial charge in [0.15, 0.2) is 0 Å². The molecule has 0 aliphatic heterocycles. The fraction of sp³-hybridized carbons (Fsp3) is 0.533. The van der Waals surface area contributed by atoms with Crippen LogP contribution < -0.4 is 21.3 Å². The number of carbonyl (C=O) groups excluding carboxylic acids is 2. The Morgan fingerprint density at radius 1 is 0.639 bits per heavy atom. The summed E-state index contributed by atoms with van der Waals surface area (Å²) in [6.07, 6.45) is 10.9. The van der Waals surface area contributed by atoms with Crippen molar-refractivity contribution in [1.82, 2.24) is 21.3 Å². The molecule has 4 N–H and O–H groups in total. The second-order valence-corrected chi connectivity index (χ2v) is 10.9. The van der Waals surface area contributed by atoms with Crippen LogP contribution in [0.5, 0.6) is 0 Å². The number of amides is 4. The Bertz CT molecular complexity index is 973. The smallest absolute Gasteiger partial charge is 0.315 e. The molecular formula is C30H40N4O2. The molecule has 0 aromatic heterocycles. The van der Waals surface area contributed by atoms with E-state index in [1.807, 2.05) is 0 Å². The highest BCUT2D eigenvalue weighted by atomic mass is 16.2. The minimum Gasteiger partial charge on any atom is -0.338 e. The maximum atomic E-state index is 12.6. The lowest BCUT2D eigenvalue weighted by atomic mass is 9.81. The van der Waals surface area contributed by atoms with Crippen LogP contribution in [0.25, 0.3) is 0 Å². The molecular weight excluding hydrogens is 448 g/mol. The Morgan fingerprint density at radius 2 is 1.11 bits per heavy atom. The summed E-state index contributed by atoms with van der Waals surface area (Å²) >= 11 is 0. The molecule has 0 bridgehead atoms. The van der Waals surface area contributed by atoms with Crippen LogP contribution in [0.3, 0.4) is 0 Å². The van der Waals surface area contributed by atoms with Crippen LogP contribution in [0, 0.1) is 11.8 Å². The van der Waals surface area contributed by atoms with Crippen molar-refractivity contribution in [2.45, 2.75) is 76.3 Å². The van der Waals surface area contributed by atoms with Crippen LogP contribution in [0.2, 0.25) is 0 Å². The Balaban J connectivity index is 1.03. The van der Waals surface area contributed by atoms with Gasteiger partial charge in [-0.2, -0.15) is 0 Å². The quantitative estimate of drug-likeness (QED) is 0.430. The lowest BCUT2D eigenvalue weighted by Crippen LogP contribution is -2.43. The molecule has 0 unspecified atom stereocenters. The molecule has 0 radical (unpaired) electrons. The van der Waals surface area contributed by atoms with Gasteiger partial charge >= 0.3 is 12.1 Å². The van der Waals surface area contributed by atoms with Crippen LogP contribution in [0.1, 0.15) is 85.7 Å². The third-order valence-electron chi connectivity index (χ3n) is 8.34. The van der Waals surface area contributed by atoms with Crippen molar-refractivity contribution < 1.29 is 9.59 Å². The van der Waals surface area contributed by atoms with E-state index in [9.17, 15) is 9.59 Å². The number of benzene rings is 2. The lowest BCUT2D eigenvalue weighted by Gasteiger charge is -2.31. The highest BCUT2D eigenvalue weighted by Gasteiger charge is 2.26. The summed E-state index contributed by atoms with van der Waals surface area (Å²) in [5.74, 6) is 0.923. The molecule has 36 heavy (non-hydrogen) atoms. The number of hydrogen-bond acceptors (Lipinski definition) is 2. The average molecular weight is 489 g/mol. The number of carbonyl (C=O) groups is 2. The number of hydrogen-bond donors (Lipinski definition) is 4. The molecule has 2 aromatic carbocycles. The number of urea groups is 2. The molecule has 5 rings (SSSR count). The molecule has 4 amide bonds. The zero-order chi connectivity index (χ0) is 24.7. The zero-order valence-corrected chi connectivity index (χ0v) is 21.2. The molecule has 0 spiro atoms. The standard InChI is InChI=1S/C30H40N4O2/c35-29(33-27-16-6-12-23-10-1-3-14-25(23)27)31-19-21-8-5-9-22(18-21)20-32-30(36)34-28-17-7-13-24-11-2-4-15-26(24)28/h1-4,10-11,14-15,21-22,27-28H,5-9,12-13,16-20H2,(H2,31,33,35)(H2,32,34,36)/t21-,22+,27-,28+. The van der Waals surface area contributed by atoms with Gasteiger partial charge in [-0.25, -0.2) is 9.59 Å². The van der Waals surface area contributed by atoms with Gasteiger partial charge in [-0.05, 0) is 91.9 Å². The highest BCUT2D eigenvalue weighted by Crippen LogP contribution is 2.31. The largest absolute Gasteiger partial charge is 0.338 e. The van der Waals surface area contributed by atoms with Crippen molar-refractivity contribution in [3.05, 3.63) is 70.8 Å². The normalized spacial score (nSPS) is 25.1. The monoisotopic (exact) mass is 488 g/mol. The van der Waals surface area contributed by atoms with Crippen LogP contribution in [0.4, 0.5) is 9.59 Å². The van der Waals surface area contributed by atoms with E-state index in [0.29, 0.717) is 24.9 Å². The van der Waals surface area contributed by atoms with Gasteiger partial charge in [-0.1, -0.05) is 55.0 Å². The Kier molecular flexibility index (Phi) is 8.09. The van der Waals surface area contributed by atoms with Crippen molar-refractivity contribution in [1.29, 1.82) is 0 Å². The minimum atomic E-state index is -0.0657. The van der Waals surface area contributed by atoms with Crippen molar-refractivity contribution >= 4 is 12.1 Å². The molecule has 6 heteroatoms. The van der Waals surface area contributed by atoms with Crippen molar-refractivity contribution in [2.75, 3.05) is 13.1 Å². The summed E-state index contributed by atoms with van der Waals surface area (Å²) < 4.78 is 0. The molecule has 192 valence electrons. The maximum absolute atomic E-state index is 12.6. The van der Waals surface area contributed by atoms with Crippen LogP contribution in [-0.4, -0.2) is 25.2 Å². The summed E-state index contributed by atoms with van der Waals surface area (Å²) in [5.41, 5.74) is 5.23. The molecule has 0 heterocycles. The van der Waals surface area contributed by atoms with E-state index >= 15 is 0 Å². The molecule has 1 fully saturated rings. The summed E-state index contributed by atoms with van der Waals surface area (Å²) in [7, 11) is 0. The summed E-state index contributed by atoms with van der Waals surface area (Å²) in [4.78, 5) is 25.3. The van der Waals surface area contributed by atoms with E-state index in [2.05, 4.69) is 69.8 Å². The first-order valence-corrected chi connectivity index (χ1v) is 13.9. The van der Waals surface area contributed by atoms with E-state index in [1.54, 1.807) is 0 Å². The van der Waals surface area contributed by atoms with Gasteiger partial charge in [0.1, 0.15) is 0 Å². The number of rotatable bonds is 6. The second-order valence-electron chi connectivity index (χ2n) is 10.9. The Morgan fingerprint density at radius 3 is 1.61 bits per heavy atom. The van der Waals surface area contributed by atoms with E-state index < -0.39 is 0 Å². The third-order valence-corrected chi connectivity index (χ3v) is 8.34. The van der Waals surface area contributed by atoms with E-state index in [1.165, 1.54) is 22.3 Å². The number of aryl methyl sites for hydroxylation is 2. The summed E-state index contributed by atoms with van der Waals surface area (Å²) in [6.45, 7) is 1.39. The fourth-order valence-electron chi connectivity index (χ4n) is 6.47. The predicted molar refractivity (Wildman–Crippen MR) is 143 cm³/mol. The molecule has 2 aromatic rings. The molecule has 4 atom stereocenters. The molecule has 1 saturated carbocycles.